The van der Waals surface area contributed by atoms with Gasteiger partial charge in [-0.15, -0.1) is 0 Å². The maximum absolute atomic E-state index is 5.05. The number of ether oxygens (including phenoxy) is 1. The molecular formula is C7H16FNO. The van der Waals surface area contributed by atoms with Crippen molar-refractivity contribution in [2.24, 2.45) is 0 Å². The first-order chi connectivity index (χ1) is 4.34. The Kier molecular flexibility index (Phi) is 4.56. The van der Waals surface area contributed by atoms with Crippen LogP contribution in [0.1, 0.15) is 12.8 Å². The van der Waals surface area contributed by atoms with Gasteiger partial charge >= 0.3 is 0 Å². The molecule has 0 amide bonds. The fourth-order valence-corrected chi connectivity index (χ4v) is 1.38. The number of hydrogen-bond acceptors (Lipinski definition) is 2. The highest BCUT2D eigenvalue weighted by Crippen LogP contribution is 2.13. The fraction of sp³-hybridized carbons (Fsp3) is 1.00. The lowest BCUT2D eigenvalue weighted by atomic mass is 10.2. The molecule has 1 rings (SSSR count). The molecule has 2 nitrogen and oxygen atoms in total. The Morgan fingerprint density at radius 1 is 1.60 bits per heavy atom. The second kappa shape index (κ2) is 4.63. The minimum atomic E-state index is 0. The van der Waals surface area contributed by atoms with Gasteiger partial charge < -0.3 is 9.64 Å². The van der Waals surface area contributed by atoms with Gasteiger partial charge in [0.25, 0.3) is 0 Å². The molecule has 1 saturated heterocycles. The van der Waals surface area contributed by atoms with Crippen molar-refractivity contribution >= 4 is 0 Å². The van der Waals surface area contributed by atoms with Crippen LogP contribution in [-0.2, 0) is 4.74 Å². The highest BCUT2D eigenvalue weighted by Gasteiger charge is 2.19. The molecule has 0 aromatic rings. The lowest BCUT2D eigenvalue weighted by Gasteiger charge is -2.17. The average molecular weight is 149 g/mol. The van der Waals surface area contributed by atoms with Crippen LogP contribution < -0.4 is 0 Å². The van der Waals surface area contributed by atoms with Crippen LogP contribution in [0.4, 0.5) is 4.70 Å². The summed E-state index contributed by atoms with van der Waals surface area (Å²) < 4.78 is 5.05. The van der Waals surface area contributed by atoms with Gasteiger partial charge in [0.05, 0.1) is 6.61 Å². The van der Waals surface area contributed by atoms with Crippen LogP contribution in [0.2, 0.25) is 0 Å². The highest BCUT2D eigenvalue weighted by molar-refractivity contribution is 4.75. The number of likely N-dealkylation sites (N-methyl/N-ethyl adjacent to an activating group) is 1. The Morgan fingerprint density at radius 2 is 2.30 bits per heavy atom. The van der Waals surface area contributed by atoms with E-state index in [1.165, 1.54) is 19.4 Å². The van der Waals surface area contributed by atoms with Crippen molar-refractivity contribution in [1.82, 2.24) is 4.90 Å². The van der Waals surface area contributed by atoms with E-state index in [9.17, 15) is 0 Å². The smallest absolute Gasteiger partial charge is 0.0617 e. The maximum atomic E-state index is 5.05. The summed E-state index contributed by atoms with van der Waals surface area (Å²) in [4.78, 5) is 2.36. The van der Waals surface area contributed by atoms with E-state index in [1.54, 1.807) is 7.11 Å². The van der Waals surface area contributed by atoms with Crippen molar-refractivity contribution in [1.29, 1.82) is 0 Å². The predicted molar refractivity (Wildman–Crippen MR) is 40.0 cm³/mol. The van der Waals surface area contributed by atoms with Crippen LogP contribution in [0, 0.1) is 0 Å². The van der Waals surface area contributed by atoms with Gasteiger partial charge in [0.15, 0.2) is 0 Å². The van der Waals surface area contributed by atoms with Gasteiger partial charge in [-0.25, -0.2) is 0 Å². The third-order valence-electron chi connectivity index (χ3n) is 2.03. The standard InChI is InChI=1S/C7H15NO.FH/c1-8-5-3-4-7(8)6-9-2;/h7H,3-6H2,1-2H3;1H. The minimum Gasteiger partial charge on any atom is -0.383 e. The molecule has 0 spiro atoms. The number of likely N-dealkylation sites (tertiary alicyclic amines) is 1. The van der Waals surface area contributed by atoms with E-state index in [1.807, 2.05) is 0 Å². The highest BCUT2D eigenvalue weighted by atomic mass is 19.0. The van der Waals surface area contributed by atoms with E-state index in [0.717, 1.165) is 6.61 Å². The Balaban J connectivity index is 0.000000810. The molecule has 1 unspecified atom stereocenters. The van der Waals surface area contributed by atoms with Crippen molar-refractivity contribution in [2.45, 2.75) is 18.9 Å². The van der Waals surface area contributed by atoms with Gasteiger partial charge in [-0.05, 0) is 26.4 Å². The van der Waals surface area contributed by atoms with Crippen LogP contribution in [0.15, 0.2) is 0 Å². The van der Waals surface area contributed by atoms with Crippen molar-refractivity contribution in [3.05, 3.63) is 0 Å². The third kappa shape index (κ3) is 2.23. The molecule has 0 saturated carbocycles. The monoisotopic (exact) mass is 149 g/mol. The summed E-state index contributed by atoms with van der Waals surface area (Å²) in [5.74, 6) is 0. The first-order valence-electron chi connectivity index (χ1n) is 3.54. The quantitative estimate of drug-likeness (QED) is 0.578. The van der Waals surface area contributed by atoms with Gasteiger partial charge in [0.2, 0.25) is 0 Å². The normalized spacial score (nSPS) is 26.4. The number of methoxy groups -OCH3 is 1. The van der Waals surface area contributed by atoms with Gasteiger partial charge in [0, 0.05) is 13.2 Å². The molecule has 1 aliphatic rings. The zero-order chi connectivity index (χ0) is 6.69. The predicted octanol–water partition coefficient (Wildman–Crippen LogP) is 0.879. The maximum Gasteiger partial charge on any atom is 0.0617 e. The molecule has 0 aromatic heterocycles. The molecule has 1 atom stereocenters. The first kappa shape index (κ1) is 9.85. The van der Waals surface area contributed by atoms with E-state index >= 15 is 0 Å². The Morgan fingerprint density at radius 3 is 2.70 bits per heavy atom. The number of rotatable bonds is 2. The second-order valence-electron chi connectivity index (χ2n) is 2.73. The molecule has 0 radical (unpaired) electrons. The molecular weight excluding hydrogens is 133 g/mol. The molecule has 1 aliphatic heterocycles. The Hall–Kier alpha value is -0.150. The summed E-state index contributed by atoms with van der Waals surface area (Å²) in [6.45, 7) is 2.14. The topological polar surface area (TPSA) is 12.5 Å². The Bertz CT molecular complexity index is 89.7. The van der Waals surface area contributed by atoms with Crippen molar-refractivity contribution < 1.29 is 9.44 Å². The molecule has 3 heteroatoms. The van der Waals surface area contributed by atoms with Gasteiger partial charge in [-0.2, -0.15) is 0 Å². The molecule has 0 N–H and O–H groups in total. The molecule has 0 aliphatic carbocycles. The lowest BCUT2D eigenvalue weighted by Crippen LogP contribution is -2.28. The van der Waals surface area contributed by atoms with E-state index in [4.69, 9.17) is 4.74 Å². The van der Waals surface area contributed by atoms with Crippen LogP contribution in [-0.4, -0.2) is 38.3 Å². The fourth-order valence-electron chi connectivity index (χ4n) is 1.38. The Labute approximate surface area is 61.5 Å². The average Bonchev–Trinajstić information content (AvgIpc) is 2.18. The van der Waals surface area contributed by atoms with Crippen molar-refractivity contribution in [3.63, 3.8) is 0 Å². The summed E-state index contributed by atoms with van der Waals surface area (Å²) in [5.41, 5.74) is 0. The van der Waals surface area contributed by atoms with E-state index < -0.39 is 0 Å². The summed E-state index contributed by atoms with van der Waals surface area (Å²) in [6.07, 6.45) is 2.65. The SMILES string of the molecule is COCC1CCCN1C.F. The molecule has 1 fully saturated rings. The van der Waals surface area contributed by atoms with Gasteiger partial charge in [-0.3, -0.25) is 4.70 Å². The van der Waals surface area contributed by atoms with Crippen LogP contribution in [0.5, 0.6) is 0 Å². The van der Waals surface area contributed by atoms with Crippen molar-refractivity contribution in [2.75, 3.05) is 27.3 Å². The zero-order valence-corrected chi connectivity index (χ0v) is 6.67. The lowest BCUT2D eigenvalue weighted by molar-refractivity contribution is 0.129. The molecule has 10 heavy (non-hydrogen) atoms. The first-order valence-corrected chi connectivity index (χ1v) is 3.54. The van der Waals surface area contributed by atoms with E-state index in [2.05, 4.69) is 11.9 Å². The van der Waals surface area contributed by atoms with E-state index in [0.29, 0.717) is 6.04 Å². The van der Waals surface area contributed by atoms with Crippen LogP contribution >= 0.6 is 0 Å². The van der Waals surface area contributed by atoms with Gasteiger partial charge in [-0.1, -0.05) is 0 Å². The zero-order valence-electron chi connectivity index (χ0n) is 6.67. The third-order valence-corrected chi connectivity index (χ3v) is 2.03. The number of halogens is 1. The summed E-state index contributed by atoms with van der Waals surface area (Å²) in [7, 11) is 3.93. The molecule has 1 heterocycles. The van der Waals surface area contributed by atoms with E-state index in [-0.39, 0.29) is 4.70 Å². The summed E-state index contributed by atoms with van der Waals surface area (Å²) in [6, 6.07) is 0.690. The minimum absolute atomic E-state index is 0. The van der Waals surface area contributed by atoms with Crippen LogP contribution in [0.25, 0.3) is 0 Å². The number of nitrogens with zero attached hydrogens (tertiary/aromatic N) is 1. The largest absolute Gasteiger partial charge is 0.383 e. The second-order valence-corrected chi connectivity index (χ2v) is 2.73. The summed E-state index contributed by atoms with van der Waals surface area (Å²) in [5, 5.41) is 0. The molecule has 62 valence electrons. The molecule has 0 aromatic carbocycles. The van der Waals surface area contributed by atoms with Gasteiger partial charge in [0.1, 0.15) is 0 Å². The number of hydrogen-bond donors (Lipinski definition) is 0. The summed E-state index contributed by atoms with van der Waals surface area (Å²) >= 11 is 0. The van der Waals surface area contributed by atoms with Crippen molar-refractivity contribution in [3.8, 4) is 0 Å². The van der Waals surface area contributed by atoms with Crippen LogP contribution in [0.3, 0.4) is 0 Å². The molecule has 0 bridgehead atoms.